The van der Waals surface area contributed by atoms with E-state index in [-0.39, 0.29) is 5.97 Å². The number of anilines is 1. The molecule has 0 saturated carbocycles. The Kier molecular flexibility index (Phi) is 4.78. The molecule has 0 atom stereocenters. The van der Waals surface area contributed by atoms with Gasteiger partial charge >= 0.3 is 5.97 Å². The second kappa shape index (κ2) is 6.97. The summed E-state index contributed by atoms with van der Waals surface area (Å²) in [4.78, 5) is 13.7. The van der Waals surface area contributed by atoms with Gasteiger partial charge in [-0.25, -0.2) is 4.79 Å². The van der Waals surface area contributed by atoms with Crippen LogP contribution in [0.25, 0.3) is 0 Å². The van der Waals surface area contributed by atoms with Gasteiger partial charge in [-0.15, -0.1) is 11.3 Å². The zero-order valence-electron chi connectivity index (χ0n) is 12.9. The highest BCUT2D eigenvalue weighted by Crippen LogP contribution is 2.38. The van der Waals surface area contributed by atoms with Crippen LogP contribution >= 0.6 is 11.3 Å². The highest BCUT2D eigenvalue weighted by molar-refractivity contribution is 7.16. The first kappa shape index (κ1) is 15.1. The van der Waals surface area contributed by atoms with Crippen molar-refractivity contribution in [2.24, 2.45) is 0 Å². The average Bonchev–Trinajstić information content (AvgIpc) is 2.92. The predicted octanol–water partition coefficient (Wildman–Crippen LogP) is 4.42. The van der Waals surface area contributed by atoms with Gasteiger partial charge in [0, 0.05) is 11.4 Å². The van der Waals surface area contributed by atoms with Crippen LogP contribution in [0.1, 0.15) is 46.1 Å². The molecule has 0 bridgehead atoms. The monoisotopic (exact) mass is 315 g/mol. The third-order valence-electron chi connectivity index (χ3n) is 3.95. The number of esters is 1. The van der Waals surface area contributed by atoms with E-state index < -0.39 is 0 Å². The fourth-order valence-electron chi connectivity index (χ4n) is 2.89. The van der Waals surface area contributed by atoms with Crippen LogP contribution in [-0.4, -0.2) is 12.6 Å². The van der Waals surface area contributed by atoms with Crippen molar-refractivity contribution < 1.29 is 9.53 Å². The van der Waals surface area contributed by atoms with Gasteiger partial charge in [0.25, 0.3) is 0 Å². The number of hydrogen-bond acceptors (Lipinski definition) is 4. The van der Waals surface area contributed by atoms with Gasteiger partial charge in [-0.05, 0) is 43.7 Å². The molecule has 1 aliphatic rings. The van der Waals surface area contributed by atoms with Gasteiger partial charge in [-0.3, -0.25) is 0 Å². The fraction of sp³-hybridized carbons (Fsp3) is 0.389. The molecule has 0 fully saturated rings. The van der Waals surface area contributed by atoms with Gasteiger partial charge in [0.1, 0.15) is 5.00 Å². The average molecular weight is 315 g/mol. The summed E-state index contributed by atoms with van der Waals surface area (Å²) in [6.07, 6.45) is 4.45. The van der Waals surface area contributed by atoms with Crippen molar-refractivity contribution in [1.29, 1.82) is 0 Å². The Morgan fingerprint density at radius 1 is 1.23 bits per heavy atom. The lowest BCUT2D eigenvalue weighted by Crippen LogP contribution is -2.11. The lowest BCUT2D eigenvalue weighted by molar-refractivity contribution is 0.0526. The molecule has 0 aliphatic heterocycles. The van der Waals surface area contributed by atoms with E-state index in [0.717, 1.165) is 36.4 Å². The number of hydrogen-bond donors (Lipinski definition) is 1. The highest BCUT2D eigenvalue weighted by atomic mass is 32.1. The number of fused-ring (bicyclic) bond motifs is 1. The van der Waals surface area contributed by atoms with Crippen molar-refractivity contribution in [3.63, 3.8) is 0 Å². The fourth-order valence-corrected chi connectivity index (χ4v) is 4.16. The van der Waals surface area contributed by atoms with Crippen LogP contribution in [0, 0.1) is 0 Å². The number of carbonyl (C=O) groups excluding carboxylic acids is 1. The van der Waals surface area contributed by atoms with E-state index >= 15 is 0 Å². The van der Waals surface area contributed by atoms with Crippen molar-refractivity contribution in [3.8, 4) is 0 Å². The molecule has 0 amide bonds. The van der Waals surface area contributed by atoms with Crippen LogP contribution in [0.4, 0.5) is 5.00 Å². The van der Waals surface area contributed by atoms with E-state index in [1.54, 1.807) is 11.3 Å². The number of rotatable bonds is 5. The van der Waals surface area contributed by atoms with E-state index in [0.29, 0.717) is 6.61 Å². The Labute approximate surface area is 135 Å². The minimum Gasteiger partial charge on any atom is -0.462 e. The van der Waals surface area contributed by atoms with Crippen LogP contribution in [0.15, 0.2) is 30.3 Å². The van der Waals surface area contributed by atoms with Gasteiger partial charge in [0.05, 0.1) is 12.2 Å². The number of benzene rings is 1. The standard InChI is InChI=1S/C18H21NO2S/c1-2-21-18(20)16-14-10-6-7-11-15(14)22-17(16)19-12-13-8-4-3-5-9-13/h3-5,8-9,19H,2,6-7,10-12H2,1H3. The van der Waals surface area contributed by atoms with Gasteiger partial charge in [-0.2, -0.15) is 0 Å². The molecule has 1 aromatic heterocycles. The summed E-state index contributed by atoms with van der Waals surface area (Å²) >= 11 is 1.72. The second-order valence-corrected chi connectivity index (χ2v) is 6.58. The Hall–Kier alpha value is -1.81. The van der Waals surface area contributed by atoms with Crippen LogP contribution in [0.5, 0.6) is 0 Å². The first-order valence-electron chi connectivity index (χ1n) is 7.89. The zero-order chi connectivity index (χ0) is 15.4. The van der Waals surface area contributed by atoms with E-state index in [2.05, 4.69) is 17.4 Å². The summed E-state index contributed by atoms with van der Waals surface area (Å²) in [6.45, 7) is 3.00. The number of thiophene rings is 1. The minimum absolute atomic E-state index is 0.183. The summed E-state index contributed by atoms with van der Waals surface area (Å²) in [5.74, 6) is -0.183. The van der Waals surface area contributed by atoms with Gasteiger partial charge in [0.15, 0.2) is 0 Å². The zero-order valence-corrected chi connectivity index (χ0v) is 13.7. The third-order valence-corrected chi connectivity index (χ3v) is 5.20. The third kappa shape index (κ3) is 3.17. The van der Waals surface area contributed by atoms with E-state index in [4.69, 9.17) is 4.74 Å². The smallest absolute Gasteiger partial charge is 0.341 e. The maximum absolute atomic E-state index is 12.4. The molecule has 0 saturated heterocycles. The molecular weight excluding hydrogens is 294 g/mol. The van der Waals surface area contributed by atoms with Gasteiger partial charge in [0.2, 0.25) is 0 Å². The summed E-state index contributed by atoms with van der Waals surface area (Å²) in [7, 11) is 0. The van der Waals surface area contributed by atoms with Crippen LogP contribution in [0.3, 0.4) is 0 Å². The van der Waals surface area contributed by atoms with Crippen molar-refractivity contribution >= 4 is 22.3 Å². The van der Waals surface area contributed by atoms with Crippen LogP contribution in [0.2, 0.25) is 0 Å². The quantitative estimate of drug-likeness (QED) is 0.830. The largest absolute Gasteiger partial charge is 0.462 e. The molecule has 3 rings (SSSR count). The van der Waals surface area contributed by atoms with Crippen LogP contribution in [-0.2, 0) is 24.1 Å². The molecule has 1 aliphatic carbocycles. The summed E-state index contributed by atoms with van der Waals surface area (Å²) in [6, 6.07) is 10.2. The summed E-state index contributed by atoms with van der Waals surface area (Å²) in [5.41, 5.74) is 3.20. The molecule has 3 nitrogen and oxygen atoms in total. The molecule has 1 heterocycles. The Bertz CT molecular complexity index is 649. The minimum atomic E-state index is -0.183. The van der Waals surface area contributed by atoms with Crippen molar-refractivity contribution in [2.75, 3.05) is 11.9 Å². The molecule has 22 heavy (non-hydrogen) atoms. The van der Waals surface area contributed by atoms with E-state index in [1.807, 2.05) is 25.1 Å². The normalized spacial score (nSPS) is 13.5. The Morgan fingerprint density at radius 2 is 2.00 bits per heavy atom. The lowest BCUT2D eigenvalue weighted by Gasteiger charge is -2.12. The van der Waals surface area contributed by atoms with E-state index in [9.17, 15) is 4.79 Å². The second-order valence-electron chi connectivity index (χ2n) is 5.47. The van der Waals surface area contributed by atoms with Crippen LogP contribution < -0.4 is 5.32 Å². The first-order chi connectivity index (χ1) is 10.8. The molecule has 116 valence electrons. The lowest BCUT2D eigenvalue weighted by atomic mass is 9.95. The number of nitrogens with one attached hydrogen (secondary N) is 1. The van der Waals surface area contributed by atoms with Crippen molar-refractivity contribution in [1.82, 2.24) is 0 Å². The van der Waals surface area contributed by atoms with Gasteiger partial charge in [-0.1, -0.05) is 30.3 Å². The highest BCUT2D eigenvalue weighted by Gasteiger charge is 2.26. The van der Waals surface area contributed by atoms with Crippen molar-refractivity contribution in [3.05, 3.63) is 51.9 Å². The Morgan fingerprint density at radius 3 is 2.77 bits per heavy atom. The summed E-state index contributed by atoms with van der Waals surface area (Å²) < 4.78 is 5.27. The maximum Gasteiger partial charge on any atom is 0.341 e. The Balaban J connectivity index is 1.85. The van der Waals surface area contributed by atoms with Crippen molar-refractivity contribution in [2.45, 2.75) is 39.2 Å². The van der Waals surface area contributed by atoms with E-state index in [1.165, 1.54) is 22.4 Å². The maximum atomic E-state index is 12.4. The van der Waals surface area contributed by atoms with Gasteiger partial charge < -0.3 is 10.1 Å². The summed E-state index contributed by atoms with van der Waals surface area (Å²) in [5, 5.41) is 4.41. The number of ether oxygens (including phenoxy) is 1. The molecular formula is C18H21NO2S. The molecule has 4 heteroatoms. The topological polar surface area (TPSA) is 38.3 Å². The number of carbonyl (C=O) groups is 1. The molecule has 2 aromatic rings. The molecule has 1 N–H and O–H groups in total. The molecule has 0 spiro atoms. The molecule has 0 unspecified atom stereocenters. The first-order valence-corrected chi connectivity index (χ1v) is 8.70. The molecule has 0 radical (unpaired) electrons. The predicted molar refractivity (Wildman–Crippen MR) is 90.7 cm³/mol. The SMILES string of the molecule is CCOC(=O)c1c(NCc2ccccc2)sc2c1CCCC2. The molecule has 1 aromatic carbocycles. The number of aryl methyl sites for hydroxylation is 1.